The summed E-state index contributed by atoms with van der Waals surface area (Å²) in [6.45, 7) is 5.05. The summed E-state index contributed by atoms with van der Waals surface area (Å²) in [5.41, 5.74) is 7.09. The fourth-order valence-electron chi connectivity index (χ4n) is 5.81. The maximum absolute atomic E-state index is 13.9. The summed E-state index contributed by atoms with van der Waals surface area (Å²) in [4.78, 5) is 16.3. The van der Waals surface area contributed by atoms with E-state index in [0.29, 0.717) is 50.1 Å². The van der Waals surface area contributed by atoms with Gasteiger partial charge in [-0.05, 0) is 72.9 Å². The molecule has 0 spiro atoms. The molecule has 0 radical (unpaired) electrons. The van der Waals surface area contributed by atoms with Crippen LogP contribution in [0.15, 0.2) is 64.6 Å². The highest BCUT2D eigenvalue weighted by molar-refractivity contribution is 7.89. The van der Waals surface area contributed by atoms with Crippen molar-refractivity contribution in [2.45, 2.75) is 81.4 Å². The highest BCUT2D eigenvalue weighted by atomic mass is 32.2. The van der Waals surface area contributed by atoms with E-state index < -0.39 is 40.3 Å². The van der Waals surface area contributed by atoms with Gasteiger partial charge in [0.15, 0.2) is 6.29 Å². The monoisotopic (exact) mass is 645 g/mol. The average molecular weight is 646 g/mol. The Balaban J connectivity index is 1.65. The number of nitrogens with one attached hydrogen (secondary N) is 2. The molecule has 45 heavy (non-hydrogen) atoms. The van der Waals surface area contributed by atoms with Crippen LogP contribution in [0.5, 0.6) is 5.75 Å². The number of aliphatic hydroxyl groups excluding tert-OH is 1. The molecule has 0 bridgehead atoms. The minimum absolute atomic E-state index is 0.0726. The number of rotatable bonds is 16. The fourth-order valence-corrected chi connectivity index (χ4v) is 7.17. The first-order chi connectivity index (χ1) is 21.5. The maximum atomic E-state index is 13.9. The number of fused-ring (bicyclic) bond motifs is 1. The molecule has 1 amide bonds. The maximum Gasteiger partial charge on any atom is 0.409 e. The Morgan fingerprint density at radius 2 is 1.89 bits per heavy atom. The zero-order valence-corrected chi connectivity index (χ0v) is 26.7. The molecule has 14 heteroatoms. The molecule has 0 aromatic heterocycles. The van der Waals surface area contributed by atoms with Crippen molar-refractivity contribution in [1.29, 1.82) is 0 Å². The molecule has 2 aromatic rings. The smallest absolute Gasteiger partial charge is 0.409 e. The number of nitrogens with zero attached hydrogens (tertiary/aromatic N) is 3. The number of sulfonamides is 1. The second-order valence-corrected chi connectivity index (χ2v) is 14.0. The summed E-state index contributed by atoms with van der Waals surface area (Å²) in [5.74, 6) is 0.341. The lowest BCUT2D eigenvalue weighted by molar-refractivity contribution is -0.0907. The molecule has 2 aliphatic heterocycles. The molecular weight excluding hydrogens is 602 g/mol. The molecule has 2 heterocycles. The zero-order valence-electron chi connectivity index (χ0n) is 25.9. The molecule has 246 valence electrons. The number of azide groups is 1. The fraction of sp³-hybridized carbons (Fsp3) is 0.581. The van der Waals surface area contributed by atoms with E-state index in [1.54, 1.807) is 24.3 Å². The van der Waals surface area contributed by atoms with Crippen molar-refractivity contribution >= 4 is 16.1 Å². The third-order valence-corrected chi connectivity index (χ3v) is 9.94. The summed E-state index contributed by atoms with van der Waals surface area (Å²) in [6.07, 6.45) is -0.719. The number of hydrogen-bond donors (Lipinski definition) is 3. The van der Waals surface area contributed by atoms with Gasteiger partial charge in [-0.3, -0.25) is 5.32 Å². The van der Waals surface area contributed by atoms with Gasteiger partial charge in [-0.2, -0.15) is 4.72 Å². The second-order valence-electron chi connectivity index (χ2n) is 12.3. The number of methoxy groups -OCH3 is 1. The van der Waals surface area contributed by atoms with Gasteiger partial charge >= 0.3 is 6.09 Å². The summed E-state index contributed by atoms with van der Waals surface area (Å²) >= 11 is 0. The summed E-state index contributed by atoms with van der Waals surface area (Å²) < 4.78 is 52.6. The van der Waals surface area contributed by atoms with E-state index in [1.807, 2.05) is 19.9 Å². The standard InChI is InChI=1S/C31H43N5O8S/c1-30(2,16-7-18-33-36-32)17-14-27(37)31(20-22-8-5-4-6-9-22,35-45(39,40)24-12-10-23(41-3)11-13-24)34-29(38)44-26-21-43-28-25(26)15-19-42-28/h4-6,8-13,25-28,35,37H,7,14-21H2,1-3H3,(H,34,38)/t25-,26-,27-,28+,31+/m1/s1. The topological polar surface area (TPSA) is 181 Å². The van der Waals surface area contributed by atoms with E-state index >= 15 is 0 Å². The van der Waals surface area contributed by atoms with Gasteiger partial charge in [-0.1, -0.05) is 49.3 Å². The van der Waals surface area contributed by atoms with Crippen LogP contribution in [0.3, 0.4) is 0 Å². The summed E-state index contributed by atoms with van der Waals surface area (Å²) in [6, 6.07) is 14.8. The van der Waals surface area contributed by atoms with Crippen LogP contribution in [0.1, 0.15) is 51.5 Å². The largest absolute Gasteiger partial charge is 0.497 e. The van der Waals surface area contributed by atoms with Gasteiger partial charge in [-0.15, -0.1) is 0 Å². The molecule has 4 rings (SSSR count). The molecule has 2 aliphatic rings. The zero-order chi connectivity index (χ0) is 32.5. The van der Waals surface area contributed by atoms with E-state index in [1.165, 1.54) is 31.4 Å². The molecule has 0 unspecified atom stereocenters. The highest BCUT2D eigenvalue weighted by Gasteiger charge is 2.47. The molecule has 2 fully saturated rings. The van der Waals surface area contributed by atoms with Gasteiger partial charge < -0.3 is 24.1 Å². The third kappa shape index (κ3) is 9.32. The molecule has 2 aromatic carbocycles. The number of hydrogen-bond acceptors (Lipinski definition) is 9. The molecular formula is C31H43N5O8S. The first kappa shape index (κ1) is 34.5. The number of alkyl carbamates (subject to hydrolysis) is 1. The predicted molar refractivity (Wildman–Crippen MR) is 166 cm³/mol. The van der Waals surface area contributed by atoms with Crippen molar-refractivity contribution in [2.75, 3.05) is 26.9 Å². The second kappa shape index (κ2) is 15.3. The predicted octanol–water partition coefficient (Wildman–Crippen LogP) is 4.66. The number of aliphatic hydroxyl groups is 1. The lowest BCUT2D eigenvalue weighted by Crippen LogP contribution is -2.68. The Morgan fingerprint density at radius 1 is 1.16 bits per heavy atom. The Hall–Kier alpha value is -3.39. The van der Waals surface area contributed by atoms with Crippen LogP contribution in [0.2, 0.25) is 0 Å². The van der Waals surface area contributed by atoms with E-state index in [2.05, 4.69) is 20.1 Å². The van der Waals surface area contributed by atoms with E-state index in [9.17, 15) is 18.3 Å². The average Bonchev–Trinajstić information content (AvgIpc) is 3.63. The Kier molecular flexibility index (Phi) is 11.7. The quantitative estimate of drug-likeness (QED) is 0.0775. The van der Waals surface area contributed by atoms with Gasteiger partial charge in [-0.25, -0.2) is 13.2 Å². The lowest BCUT2D eigenvalue weighted by atomic mass is 9.80. The van der Waals surface area contributed by atoms with Gasteiger partial charge in [0, 0.05) is 17.9 Å². The first-order valence-corrected chi connectivity index (χ1v) is 16.6. The van der Waals surface area contributed by atoms with Gasteiger partial charge in [0.05, 0.1) is 37.2 Å². The summed E-state index contributed by atoms with van der Waals surface area (Å²) in [5, 5.41) is 18.3. The molecule has 0 saturated carbocycles. The van der Waals surface area contributed by atoms with E-state index in [-0.39, 0.29) is 35.7 Å². The highest BCUT2D eigenvalue weighted by Crippen LogP contribution is 2.34. The van der Waals surface area contributed by atoms with Crippen molar-refractivity contribution in [3.8, 4) is 5.75 Å². The molecule has 2 saturated heterocycles. The number of benzene rings is 2. The lowest BCUT2D eigenvalue weighted by Gasteiger charge is -2.40. The van der Waals surface area contributed by atoms with Gasteiger partial charge in [0.25, 0.3) is 0 Å². The van der Waals surface area contributed by atoms with Crippen LogP contribution >= 0.6 is 0 Å². The van der Waals surface area contributed by atoms with Crippen molar-refractivity contribution in [3.63, 3.8) is 0 Å². The number of carbonyl (C=O) groups excluding carboxylic acids is 1. The van der Waals surface area contributed by atoms with Crippen molar-refractivity contribution < 1.29 is 37.3 Å². The van der Waals surface area contributed by atoms with Gasteiger partial charge in [0.2, 0.25) is 10.0 Å². The summed E-state index contributed by atoms with van der Waals surface area (Å²) in [7, 11) is -2.82. The molecule has 5 atom stereocenters. The van der Waals surface area contributed by atoms with Crippen LogP contribution in [-0.2, 0) is 30.7 Å². The molecule has 13 nitrogen and oxygen atoms in total. The number of carbonyl (C=O) groups is 1. The first-order valence-electron chi connectivity index (χ1n) is 15.1. The van der Waals surface area contributed by atoms with Crippen LogP contribution < -0.4 is 14.8 Å². The third-order valence-electron chi connectivity index (χ3n) is 8.42. The van der Waals surface area contributed by atoms with Crippen LogP contribution in [-0.4, -0.2) is 70.6 Å². The van der Waals surface area contributed by atoms with Crippen molar-refractivity contribution in [1.82, 2.24) is 10.0 Å². The van der Waals surface area contributed by atoms with Crippen molar-refractivity contribution in [3.05, 3.63) is 70.6 Å². The van der Waals surface area contributed by atoms with Crippen LogP contribution in [0, 0.1) is 11.3 Å². The molecule has 3 N–H and O–H groups in total. The van der Waals surface area contributed by atoms with E-state index in [4.69, 9.17) is 24.5 Å². The normalized spacial score (nSPS) is 21.6. The van der Waals surface area contributed by atoms with Crippen LogP contribution in [0.25, 0.3) is 10.4 Å². The number of ether oxygens (including phenoxy) is 4. The Bertz CT molecular complexity index is 1420. The molecule has 0 aliphatic carbocycles. The number of amides is 1. The van der Waals surface area contributed by atoms with E-state index in [0.717, 1.165) is 0 Å². The Morgan fingerprint density at radius 3 is 2.58 bits per heavy atom. The minimum Gasteiger partial charge on any atom is -0.497 e. The van der Waals surface area contributed by atoms with Crippen LogP contribution in [0.4, 0.5) is 4.79 Å². The minimum atomic E-state index is -4.30. The van der Waals surface area contributed by atoms with Gasteiger partial charge in [0.1, 0.15) is 17.5 Å². The SMILES string of the molecule is COc1ccc(S(=O)(=O)N[C@](Cc2ccccc2)(NC(=O)O[C@@H]2CO[C@@H]3OCC[C@@H]32)[C@H](O)CCC(C)(C)CCCN=[N+]=[N-])cc1. The Labute approximate surface area is 264 Å². The van der Waals surface area contributed by atoms with Crippen molar-refractivity contribution in [2.24, 2.45) is 16.4 Å².